The molecular weight excluding hydrogens is 450 g/mol. The molecule has 168 valence electrons. The molecule has 6 nitrogen and oxygen atoms in total. The number of anilines is 1. The van der Waals surface area contributed by atoms with Crippen molar-refractivity contribution in [3.63, 3.8) is 0 Å². The maximum absolute atomic E-state index is 13.8. The SMILES string of the molecule is CCOc1ccc2ccccc2c1C=C1SC(=O)N(CC(=O)Nc2ccc(F)cc2F)C1=O. The van der Waals surface area contributed by atoms with Gasteiger partial charge in [0.05, 0.1) is 17.2 Å². The van der Waals surface area contributed by atoms with E-state index in [1.807, 2.05) is 37.3 Å². The number of carbonyl (C=O) groups is 3. The molecule has 3 aromatic carbocycles. The van der Waals surface area contributed by atoms with Gasteiger partial charge in [-0.15, -0.1) is 0 Å². The quantitative estimate of drug-likeness (QED) is 0.504. The highest BCUT2D eigenvalue weighted by atomic mass is 32.2. The zero-order chi connectivity index (χ0) is 23.5. The lowest BCUT2D eigenvalue weighted by atomic mass is 10.0. The zero-order valence-corrected chi connectivity index (χ0v) is 18.2. The van der Waals surface area contributed by atoms with Crippen LogP contribution in [0.2, 0.25) is 0 Å². The second-order valence-electron chi connectivity index (χ2n) is 7.07. The highest BCUT2D eigenvalue weighted by Crippen LogP contribution is 2.36. The van der Waals surface area contributed by atoms with Crippen LogP contribution in [0.4, 0.5) is 19.3 Å². The minimum atomic E-state index is -0.961. The molecule has 0 aromatic heterocycles. The van der Waals surface area contributed by atoms with Gasteiger partial charge in [0.25, 0.3) is 11.1 Å². The average Bonchev–Trinajstić information content (AvgIpc) is 3.04. The Morgan fingerprint density at radius 3 is 2.67 bits per heavy atom. The second-order valence-corrected chi connectivity index (χ2v) is 8.06. The molecule has 9 heteroatoms. The Kier molecular flexibility index (Phi) is 6.41. The van der Waals surface area contributed by atoms with Gasteiger partial charge < -0.3 is 10.1 Å². The minimum absolute atomic E-state index is 0.137. The number of thioether (sulfide) groups is 1. The van der Waals surface area contributed by atoms with Gasteiger partial charge in [0.2, 0.25) is 5.91 Å². The van der Waals surface area contributed by atoms with Crippen molar-refractivity contribution < 1.29 is 27.9 Å². The van der Waals surface area contributed by atoms with Crippen molar-refractivity contribution in [2.75, 3.05) is 18.5 Å². The van der Waals surface area contributed by atoms with Crippen LogP contribution in [0.25, 0.3) is 16.8 Å². The van der Waals surface area contributed by atoms with E-state index >= 15 is 0 Å². The standard InChI is InChI=1S/C24H18F2N2O4S/c1-2-32-20-10-7-14-5-3-4-6-16(14)17(20)12-21-23(30)28(24(31)33-21)13-22(29)27-19-9-8-15(25)11-18(19)26/h3-12H,2,13H2,1H3,(H,27,29). The van der Waals surface area contributed by atoms with Crippen LogP contribution in [0, 0.1) is 11.6 Å². The third-order valence-electron chi connectivity index (χ3n) is 4.89. The van der Waals surface area contributed by atoms with Gasteiger partial charge in [0.15, 0.2) is 0 Å². The molecule has 0 radical (unpaired) electrons. The Hall–Kier alpha value is -3.72. The van der Waals surface area contributed by atoms with Gasteiger partial charge in [0, 0.05) is 11.6 Å². The Morgan fingerprint density at radius 1 is 1.12 bits per heavy atom. The summed E-state index contributed by atoms with van der Waals surface area (Å²) >= 11 is 0.705. The summed E-state index contributed by atoms with van der Waals surface area (Å²) in [5.74, 6) is -2.62. The summed E-state index contributed by atoms with van der Waals surface area (Å²) in [6, 6.07) is 13.9. The fraction of sp³-hybridized carbons (Fsp3) is 0.125. The average molecular weight is 468 g/mol. The lowest BCUT2D eigenvalue weighted by Crippen LogP contribution is -2.36. The molecule has 0 unspecified atom stereocenters. The number of amides is 3. The van der Waals surface area contributed by atoms with Crippen LogP contribution in [-0.2, 0) is 9.59 Å². The van der Waals surface area contributed by atoms with Crippen molar-refractivity contribution >= 4 is 51.4 Å². The van der Waals surface area contributed by atoms with Crippen LogP contribution in [0.1, 0.15) is 12.5 Å². The van der Waals surface area contributed by atoms with Gasteiger partial charge in [-0.2, -0.15) is 0 Å². The van der Waals surface area contributed by atoms with Crippen LogP contribution >= 0.6 is 11.8 Å². The summed E-state index contributed by atoms with van der Waals surface area (Å²) in [6.07, 6.45) is 1.58. The van der Waals surface area contributed by atoms with Crippen LogP contribution in [0.15, 0.2) is 59.5 Å². The predicted octanol–water partition coefficient (Wildman–Crippen LogP) is 5.19. The van der Waals surface area contributed by atoms with Crippen LogP contribution in [0.5, 0.6) is 5.75 Å². The van der Waals surface area contributed by atoms with Crippen molar-refractivity contribution in [3.05, 3.63) is 76.7 Å². The van der Waals surface area contributed by atoms with Gasteiger partial charge in [-0.05, 0) is 53.7 Å². The summed E-state index contributed by atoms with van der Waals surface area (Å²) in [6.45, 7) is 1.66. The van der Waals surface area contributed by atoms with E-state index in [9.17, 15) is 23.2 Å². The van der Waals surface area contributed by atoms with Gasteiger partial charge in [-0.3, -0.25) is 19.3 Å². The molecule has 1 N–H and O–H groups in total. The fourth-order valence-electron chi connectivity index (χ4n) is 3.40. The fourth-order valence-corrected chi connectivity index (χ4v) is 4.22. The van der Waals surface area contributed by atoms with Crippen LogP contribution < -0.4 is 10.1 Å². The molecule has 4 rings (SSSR count). The Morgan fingerprint density at radius 2 is 1.91 bits per heavy atom. The number of carbonyl (C=O) groups excluding carboxylic acids is 3. The molecule has 33 heavy (non-hydrogen) atoms. The molecule has 3 amide bonds. The van der Waals surface area contributed by atoms with E-state index in [0.29, 0.717) is 35.7 Å². The van der Waals surface area contributed by atoms with E-state index in [1.165, 1.54) is 0 Å². The second kappa shape index (κ2) is 9.41. The topological polar surface area (TPSA) is 75.7 Å². The molecule has 1 heterocycles. The number of benzene rings is 3. The summed E-state index contributed by atoms with van der Waals surface area (Å²) < 4.78 is 32.5. The normalized spacial score (nSPS) is 14.9. The van der Waals surface area contributed by atoms with E-state index in [1.54, 1.807) is 12.1 Å². The number of nitrogens with one attached hydrogen (secondary N) is 1. The van der Waals surface area contributed by atoms with Gasteiger partial charge in [0.1, 0.15) is 23.9 Å². The molecule has 0 bridgehead atoms. The monoisotopic (exact) mass is 468 g/mol. The predicted molar refractivity (Wildman–Crippen MR) is 123 cm³/mol. The van der Waals surface area contributed by atoms with Gasteiger partial charge >= 0.3 is 0 Å². The molecule has 0 aliphatic carbocycles. The molecule has 1 aliphatic heterocycles. The molecular formula is C24H18F2N2O4S. The lowest BCUT2D eigenvalue weighted by Gasteiger charge is -2.13. The summed E-state index contributed by atoms with van der Waals surface area (Å²) in [4.78, 5) is 38.6. The van der Waals surface area contributed by atoms with Crippen molar-refractivity contribution in [2.45, 2.75) is 6.92 Å². The molecule has 0 saturated carbocycles. The smallest absolute Gasteiger partial charge is 0.294 e. The number of rotatable bonds is 6. The maximum atomic E-state index is 13.8. The first-order chi connectivity index (χ1) is 15.9. The summed E-state index contributed by atoms with van der Waals surface area (Å²) in [7, 11) is 0. The zero-order valence-electron chi connectivity index (χ0n) is 17.4. The van der Waals surface area contributed by atoms with E-state index in [0.717, 1.165) is 27.8 Å². The highest BCUT2D eigenvalue weighted by molar-refractivity contribution is 8.18. The number of imide groups is 1. The lowest BCUT2D eigenvalue weighted by molar-refractivity contribution is -0.127. The Bertz CT molecular complexity index is 1310. The summed E-state index contributed by atoms with van der Waals surface area (Å²) in [5.41, 5.74) is 0.402. The van der Waals surface area contributed by atoms with Gasteiger partial charge in [-0.1, -0.05) is 30.3 Å². The highest BCUT2D eigenvalue weighted by Gasteiger charge is 2.36. The molecule has 1 saturated heterocycles. The van der Waals surface area contributed by atoms with Gasteiger partial charge in [-0.25, -0.2) is 8.78 Å². The first kappa shape index (κ1) is 22.5. The number of nitrogens with zero attached hydrogens (tertiary/aromatic N) is 1. The number of hydrogen-bond donors (Lipinski definition) is 1. The third kappa shape index (κ3) is 4.73. The Balaban J connectivity index is 1.58. The maximum Gasteiger partial charge on any atom is 0.294 e. The number of ether oxygens (including phenoxy) is 1. The van der Waals surface area contributed by atoms with Crippen LogP contribution in [-0.4, -0.2) is 35.1 Å². The minimum Gasteiger partial charge on any atom is -0.493 e. The molecule has 1 aliphatic rings. The largest absolute Gasteiger partial charge is 0.493 e. The number of hydrogen-bond acceptors (Lipinski definition) is 5. The molecule has 3 aromatic rings. The first-order valence-corrected chi connectivity index (χ1v) is 10.8. The molecule has 0 atom stereocenters. The molecule has 0 spiro atoms. The van der Waals surface area contributed by atoms with Crippen molar-refractivity contribution in [2.24, 2.45) is 0 Å². The van der Waals surface area contributed by atoms with Crippen molar-refractivity contribution in [1.29, 1.82) is 0 Å². The number of fused-ring (bicyclic) bond motifs is 1. The van der Waals surface area contributed by atoms with Crippen LogP contribution in [0.3, 0.4) is 0 Å². The van der Waals surface area contributed by atoms with E-state index in [-0.39, 0.29) is 10.6 Å². The molecule has 1 fully saturated rings. The van der Waals surface area contributed by atoms with Crippen molar-refractivity contribution in [1.82, 2.24) is 4.90 Å². The van der Waals surface area contributed by atoms with E-state index in [2.05, 4.69) is 5.32 Å². The van der Waals surface area contributed by atoms with E-state index in [4.69, 9.17) is 4.74 Å². The first-order valence-electron chi connectivity index (χ1n) is 10.0. The third-order valence-corrected chi connectivity index (χ3v) is 5.79. The number of halogens is 2. The Labute approximate surface area is 192 Å². The van der Waals surface area contributed by atoms with Crippen molar-refractivity contribution in [3.8, 4) is 5.75 Å². The summed E-state index contributed by atoms with van der Waals surface area (Å²) in [5, 5.41) is 3.40. The van der Waals surface area contributed by atoms with E-state index < -0.39 is 35.2 Å².